The summed E-state index contributed by atoms with van der Waals surface area (Å²) in [5.74, 6) is 0. The number of hydrogen-bond donors (Lipinski definition) is 0. The molecule has 5 rings (SSSR count). The van der Waals surface area contributed by atoms with Crippen LogP contribution in [0.4, 0.5) is 0 Å². The zero-order valence-corrected chi connectivity index (χ0v) is 19.5. The smallest absolute Gasteiger partial charge is 0.197 e. The van der Waals surface area contributed by atoms with Gasteiger partial charge in [0.1, 0.15) is 0 Å². The van der Waals surface area contributed by atoms with Crippen LogP contribution in [0.3, 0.4) is 0 Å². The van der Waals surface area contributed by atoms with Crippen molar-refractivity contribution >= 4 is 43.6 Å². The van der Waals surface area contributed by atoms with Gasteiger partial charge in [-0.25, -0.2) is 0 Å². The third-order valence-corrected chi connectivity index (χ3v) is 6.50. The van der Waals surface area contributed by atoms with Crippen LogP contribution in [0, 0.1) is 0 Å². The summed E-state index contributed by atoms with van der Waals surface area (Å²) in [5, 5.41) is 5.01. The lowest BCUT2D eigenvalue weighted by atomic mass is 10.0. The summed E-state index contributed by atoms with van der Waals surface area (Å²) in [6, 6.07) is 19.4. The van der Waals surface area contributed by atoms with Crippen molar-refractivity contribution in [3.05, 3.63) is 81.1 Å². The predicted octanol–water partition coefficient (Wildman–Crippen LogP) is 5.40. The molecule has 168 valence electrons. The van der Waals surface area contributed by atoms with Crippen molar-refractivity contribution in [2.24, 2.45) is 0 Å². The molecule has 0 fully saturated rings. The molecule has 5 nitrogen and oxygen atoms in total. The molecule has 0 saturated carbocycles. The minimum absolute atomic E-state index is 0.00922. The summed E-state index contributed by atoms with van der Waals surface area (Å²) < 4.78 is 4.31. The highest BCUT2D eigenvalue weighted by Gasteiger charge is 2.18. The highest BCUT2D eigenvalue weighted by Crippen LogP contribution is 2.26. The summed E-state index contributed by atoms with van der Waals surface area (Å²) in [7, 11) is 0. The molecule has 3 aromatic carbocycles. The SMILES string of the molecule is CCCN(CCC)n1c2ccccc2c(=O)c2cc3c(cc21)c(=O)c1ccccc1n3CC. The summed E-state index contributed by atoms with van der Waals surface area (Å²) in [6.45, 7) is 8.84. The lowest BCUT2D eigenvalue weighted by Crippen LogP contribution is -2.37. The number of aromatic nitrogens is 2. The van der Waals surface area contributed by atoms with E-state index >= 15 is 0 Å². The quantitative estimate of drug-likeness (QED) is 0.333. The van der Waals surface area contributed by atoms with Gasteiger partial charge in [-0.1, -0.05) is 38.1 Å². The molecule has 2 heterocycles. The monoisotopic (exact) mass is 439 g/mol. The van der Waals surface area contributed by atoms with E-state index in [1.807, 2.05) is 60.7 Å². The molecule has 2 aromatic heterocycles. The van der Waals surface area contributed by atoms with Gasteiger partial charge < -0.3 is 9.58 Å². The molecule has 0 saturated heterocycles. The fourth-order valence-corrected chi connectivity index (χ4v) is 5.11. The Bertz CT molecular complexity index is 1620. The second-order valence-corrected chi connectivity index (χ2v) is 8.59. The Morgan fingerprint density at radius 3 is 1.76 bits per heavy atom. The second-order valence-electron chi connectivity index (χ2n) is 8.59. The van der Waals surface area contributed by atoms with Gasteiger partial charge in [0.15, 0.2) is 10.9 Å². The van der Waals surface area contributed by atoms with E-state index < -0.39 is 0 Å². The number of nitrogens with zero attached hydrogens (tertiary/aromatic N) is 3. The van der Waals surface area contributed by atoms with Crippen molar-refractivity contribution < 1.29 is 0 Å². The molecular formula is C28H29N3O2. The van der Waals surface area contributed by atoms with Gasteiger partial charge in [0.25, 0.3) is 0 Å². The minimum atomic E-state index is 0.00922. The Morgan fingerprint density at radius 2 is 1.15 bits per heavy atom. The van der Waals surface area contributed by atoms with Crippen LogP contribution in [0.1, 0.15) is 33.6 Å². The molecule has 0 bridgehead atoms. The van der Waals surface area contributed by atoms with Gasteiger partial charge >= 0.3 is 0 Å². The number of benzene rings is 3. The first-order valence-electron chi connectivity index (χ1n) is 11.9. The second kappa shape index (κ2) is 8.39. The van der Waals surface area contributed by atoms with Crippen LogP contribution in [0.15, 0.2) is 70.3 Å². The fourth-order valence-electron chi connectivity index (χ4n) is 5.11. The number of pyridine rings is 2. The molecule has 0 aliphatic heterocycles. The molecule has 33 heavy (non-hydrogen) atoms. The summed E-state index contributed by atoms with van der Waals surface area (Å²) in [5.41, 5.74) is 3.41. The van der Waals surface area contributed by atoms with Crippen molar-refractivity contribution in [3.8, 4) is 0 Å². The molecule has 0 N–H and O–H groups in total. The Hall–Kier alpha value is -3.60. The van der Waals surface area contributed by atoms with Crippen LogP contribution >= 0.6 is 0 Å². The van der Waals surface area contributed by atoms with E-state index in [2.05, 4.69) is 35.0 Å². The highest BCUT2D eigenvalue weighted by atomic mass is 16.1. The van der Waals surface area contributed by atoms with E-state index in [9.17, 15) is 9.59 Å². The van der Waals surface area contributed by atoms with Gasteiger partial charge in [-0.05, 0) is 56.2 Å². The number of rotatable bonds is 6. The van der Waals surface area contributed by atoms with Gasteiger partial charge in [-0.2, -0.15) is 0 Å². The zero-order valence-electron chi connectivity index (χ0n) is 19.5. The van der Waals surface area contributed by atoms with E-state index in [1.165, 1.54) is 0 Å². The molecule has 0 aliphatic carbocycles. The molecule has 5 aromatic rings. The van der Waals surface area contributed by atoms with Crippen molar-refractivity contribution in [1.29, 1.82) is 0 Å². The summed E-state index contributed by atoms with van der Waals surface area (Å²) >= 11 is 0. The maximum Gasteiger partial charge on any atom is 0.197 e. The Morgan fingerprint density at radius 1 is 0.636 bits per heavy atom. The average molecular weight is 440 g/mol. The Labute approximate surface area is 192 Å². The number of fused-ring (bicyclic) bond motifs is 4. The number of para-hydroxylation sites is 2. The van der Waals surface area contributed by atoms with Gasteiger partial charge in [0.2, 0.25) is 0 Å². The molecular weight excluding hydrogens is 410 g/mol. The molecule has 0 atom stereocenters. The van der Waals surface area contributed by atoms with E-state index in [4.69, 9.17) is 0 Å². The van der Waals surface area contributed by atoms with Crippen LogP contribution in [-0.4, -0.2) is 22.3 Å². The van der Waals surface area contributed by atoms with Crippen LogP contribution in [0.5, 0.6) is 0 Å². The Balaban J connectivity index is 2.03. The largest absolute Gasteiger partial charge is 0.341 e. The van der Waals surface area contributed by atoms with Crippen LogP contribution in [-0.2, 0) is 6.54 Å². The third kappa shape index (κ3) is 3.22. The molecule has 0 spiro atoms. The van der Waals surface area contributed by atoms with Gasteiger partial charge in [0, 0.05) is 35.8 Å². The maximum atomic E-state index is 13.7. The highest BCUT2D eigenvalue weighted by molar-refractivity contribution is 6.03. The molecule has 0 amide bonds. The van der Waals surface area contributed by atoms with Gasteiger partial charge in [-0.15, -0.1) is 0 Å². The van der Waals surface area contributed by atoms with Crippen LogP contribution in [0.25, 0.3) is 43.6 Å². The number of hydrogen-bond acceptors (Lipinski definition) is 3. The molecule has 0 radical (unpaired) electrons. The van der Waals surface area contributed by atoms with Gasteiger partial charge in [0.05, 0.1) is 27.5 Å². The Kier molecular flexibility index (Phi) is 5.41. The maximum absolute atomic E-state index is 13.7. The van der Waals surface area contributed by atoms with Crippen LogP contribution < -0.4 is 15.9 Å². The normalized spacial score (nSPS) is 11.7. The standard InChI is InChI=1S/C28H29N3O2/c1-4-15-29(16-5-2)31-24-14-10-8-12-20(24)28(33)22-17-25-21(18-26(22)31)27(32)19-11-7-9-13-23(19)30(25)6-3/h7-14,17-18H,4-6,15-16H2,1-3H3. The number of aryl methyl sites for hydroxylation is 1. The first-order valence-corrected chi connectivity index (χ1v) is 11.9. The summed E-state index contributed by atoms with van der Waals surface area (Å²) in [4.78, 5) is 27.2. The molecule has 5 heteroatoms. The predicted molar refractivity (Wildman–Crippen MR) is 139 cm³/mol. The van der Waals surface area contributed by atoms with Crippen molar-refractivity contribution in [2.75, 3.05) is 18.1 Å². The fraction of sp³-hybridized carbons (Fsp3) is 0.286. The zero-order chi connectivity index (χ0) is 23.1. The summed E-state index contributed by atoms with van der Waals surface area (Å²) in [6.07, 6.45) is 1.98. The van der Waals surface area contributed by atoms with Crippen molar-refractivity contribution in [2.45, 2.75) is 40.2 Å². The topological polar surface area (TPSA) is 47.2 Å². The van der Waals surface area contributed by atoms with E-state index in [-0.39, 0.29) is 10.9 Å². The van der Waals surface area contributed by atoms with E-state index in [1.54, 1.807) is 0 Å². The lowest BCUT2D eigenvalue weighted by molar-refractivity contribution is 0.595. The first-order chi connectivity index (χ1) is 16.1. The van der Waals surface area contributed by atoms with Crippen LogP contribution in [0.2, 0.25) is 0 Å². The lowest BCUT2D eigenvalue weighted by Gasteiger charge is -2.30. The average Bonchev–Trinajstić information content (AvgIpc) is 2.84. The minimum Gasteiger partial charge on any atom is -0.341 e. The first kappa shape index (κ1) is 21.3. The molecule has 0 unspecified atom stereocenters. The van der Waals surface area contributed by atoms with Crippen molar-refractivity contribution in [1.82, 2.24) is 9.24 Å². The van der Waals surface area contributed by atoms with Crippen molar-refractivity contribution in [3.63, 3.8) is 0 Å². The van der Waals surface area contributed by atoms with E-state index in [0.717, 1.165) is 48.0 Å². The van der Waals surface area contributed by atoms with Gasteiger partial charge in [-0.3, -0.25) is 14.3 Å². The van der Waals surface area contributed by atoms with E-state index in [0.29, 0.717) is 28.1 Å². The third-order valence-electron chi connectivity index (χ3n) is 6.50. The molecule has 0 aliphatic rings.